The highest BCUT2D eigenvalue weighted by molar-refractivity contribution is 7.13. The van der Waals surface area contributed by atoms with Gasteiger partial charge in [-0.2, -0.15) is 0 Å². The van der Waals surface area contributed by atoms with Gasteiger partial charge < -0.3 is 10.6 Å². The van der Waals surface area contributed by atoms with Crippen molar-refractivity contribution in [2.45, 2.75) is 6.42 Å². The van der Waals surface area contributed by atoms with E-state index in [1.54, 1.807) is 17.5 Å². The smallest absolute Gasteiger partial charge is 0.318 e. The molecule has 1 aromatic heterocycles. The highest BCUT2D eigenvalue weighted by Crippen LogP contribution is 2.18. The highest BCUT2D eigenvalue weighted by atomic mass is 32.1. The Morgan fingerprint density at radius 2 is 2.11 bits per heavy atom. The molecule has 0 aliphatic carbocycles. The van der Waals surface area contributed by atoms with Crippen LogP contribution in [0.15, 0.2) is 11.6 Å². The molecule has 2 heterocycles. The summed E-state index contributed by atoms with van der Waals surface area (Å²) in [7, 11) is 0. The second-order valence-electron chi connectivity index (χ2n) is 4.31. The molecule has 0 bridgehead atoms. The van der Waals surface area contributed by atoms with Gasteiger partial charge in [0.15, 0.2) is 5.13 Å². The third kappa shape index (κ3) is 4.18. The minimum atomic E-state index is -0.793. The molecule has 104 valence electrons. The van der Waals surface area contributed by atoms with Crippen LogP contribution in [-0.4, -0.2) is 54.5 Å². The number of carbonyl (C=O) groups excluding carboxylic acids is 2. The number of piperazine rings is 1. The van der Waals surface area contributed by atoms with Crippen molar-refractivity contribution in [1.29, 1.82) is 0 Å². The van der Waals surface area contributed by atoms with Crippen molar-refractivity contribution in [2.75, 3.05) is 37.6 Å². The number of carbonyl (C=O) groups is 2. The average Bonchev–Trinajstić information content (AvgIpc) is 2.90. The van der Waals surface area contributed by atoms with Crippen molar-refractivity contribution in [3.63, 3.8) is 0 Å². The lowest BCUT2D eigenvalue weighted by Crippen LogP contribution is -2.47. The first kappa shape index (κ1) is 13.8. The Morgan fingerprint density at radius 3 is 2.68 bits per heavy atom. The molecular formula is C11H17N5O2S. The summed E-state index contributed by atoms with van der Waals surface area (Å²) in [5.74, 6) is -0.324. The van der Waals surface area contributed by atoms with Crippen LogP contribution in [0.3, 0.4) is 0 Å². The maximum Gasteiger partial charge on any atom is 0.318 e. The minimum absolute atomic E-state index is 0.292. The molecular weight excluding hydrogens is 266 g/mol. The SMILES string of the molecule is NC(=O)NC(=O)CCN1CCN(c2nccs2)CC1. The van der Waals surface area contributed by atoms with Crippen LogP contribution in [0, 0.1) is 0 Å². The van der Waals surface area contributed by atoms with Gasteiger partial charge in [0.05, 0.1) is 0 Å². The first-order chi connectivity index (χ1) is 9.15. The molecule has 2 rings (SSSR count). The quantitative estimate of drug-likeness (QED) is 0.802. The summed E-state index contributed by atoms with van der Waals surface area (Å²) in [6.45, 7) is 4.24. The number of hydrogen-bond donors (Lipinski definition) is 2. The fourth-order valence-corrected chi connectivity index (χ4v) is 2.69. The summed E-state index contributed by atoms with van der Waals surface area (Å²) in [5, 5.41) is 5.08. The van der Waals surface area contributed by atoms with E-state index >= 15 is 0 Å². The van der Waals surface area contributed by atoms with E-state index in [1.807, 2.05) is 5.38 Å². The molecule has 19 heavy (non-hydrogen) atoms. The number of nitrogens with two attached hydrogens (primary N) is 1. The van der Waals surface area contributed by atoms with Crippen LogP contribution in [0.2, 0.25) is 0 Å². The maximum atomic E-state index is 11.3. The zero-order chi connectivity index (χ0) is 13.7. The number of urea groups is 1. The van der Waals surface area contributed by atoms with E-state index in [9.17, 15) is 9.59 Å². The number of hydrogen-bond acceptors (Lipinski definition) is 6. The molecule has 0 unspecified atom stereocenters. The Kier molecular flexibility index (Phi) is 4.69. The van der Waals surface area contributed by atoms with Gasteiger partial charge in [-0.3, -0.25) is 15.0 Å². The summed E-state index contributed by atoms with van der Waals surface area (Å²) in [6, 6.07) is -0.793. The Balaban J connectivity index is 1.69. The Morgan fingerprint density at radius 1 is 1.37 bits per heavy atom. The lowest BCUT2D eigenvalue weighted by molar-refractivity contribution is -0.120. The predicted molar refractivity (Wildman–Crippen MR) is 73.1 cm³/mol. The zero-order valence-electron chi connectivity index (χ0n) is 10.5. The summed E-state index contributed by atoms with van der Waals surface area (Å²) in [6.07, 6.45) is 2.10. The van der Waals surface area contributed by atoms with Crippen LogP contribution in [-0.2, 0) is 4.79 Å². The third-order valence-electron chi connectivity index (χ3n) is 2.98. The summed E-state index contributed by atoms with van der Waals surface area (Å²) in [5.41, 5.74) is 4.88. The van der Waals surface area contributed by atoms with Crippen molar-refractivity contribution >= 4 is 28.4 Å². The molecule has 0 aromatic carbocycles. The Bertz CT molecular complexity index is 428. The highest BCUT2D eigenvalue weighted by Gasteiger charge is 2.19. The molecule has 0 radical (unpaired) electrons. The number of nitrogens with zero attached hydrogens (tertiary/aromatic N) is 3. The number of anilines is 1. The summed E-state index contributed by atoms with van der Waals surface area (Å²) < 4.78 is 0. The Hall–Kier alpha value is -1.67. The lowest BCUT2D eigenvalue weighted by Gasteiger charge is -2.34. The number of imide groups is 1. The molecule has 1 aromatic rings. The minimum Gasteiger partial charge on any atom is -0.351 e. The van der Waals surface area contributed by atoms with Gasteiger partial charge in [0.2, 0.25) is 5.91 Å². The van der Waals surface area contributed by atoms with E-state index in [0.717, 1.165) is 31.3 Å². The van der Waals surface area contributed by atoms with Crippen LogP contribution in [0.1, 0.15) is 6.42 Å². The van der Waals surface area contributed by atoms with Crippen molar-refractivity contribution in [2.24, 2.45) is 5.73 Å². The second kappa shape index (κ2) is 6.48. The molecule has 0 spiro atoms. The molecule has 3 amide bonds. The number of nitrogens with one attached hydrogen (secondary N) is 1. The molecule has 0 saturated carbocycles. The van der Waals surface area contributed by atoms with Gasteiger partial charge in [0.25, 0.3) is 0 Å². The van der Waals surface area contributed by atoms with Crippen molar-refractivity contribution < 1.29 is 9.59 Å². The molecule has 3 N–H and O–H groups in total. The standard InChI is InChI=1S/C11H17N5O2S/c12-10(18)14-9(17)1-3-15-4-6-16(7-5-15)11-13-2-8-19-11/h2,8H,1,3-7H2,(H3,12,14,17,18). The summed E-state index contributed by atoms with van der Waals surface area (Å²) >= 11 is 1.64. The van der Waals surface area contributed by atoms with Crippen molar-refractivity contribution in [3.8, 4) is 0 Å². The first-order valence-corrected chi connectivity index (χ1v) is 6.99. The molecule has 1 saturated heterocycles. The molecule has 1 fully saturated rings. The van der Waals surface area contributed by atoms with Gasteiger partial charge in [-0.25, -0.2) is 9.78 Å². The van der Waals surface area contributed by atoms with Crippen molar-refractivity contribution in [1.82, 2.24) is 15.2 Å². The topological polar surface area (TPSA) is 91.6 Å². The zero-order valence-corrected chi connectivity index (χ0v) is 11.4. The molecule has 8 heteroatoms. The van der Waals surface area contributed by atoms with E-state index in [2.05, 4.69) is 20.1 Å². The first-order valence-electron chi connectivity index (χ1n) is 6.11. The fraction of sp³-hybridized carbons (Fsp3) is 0.545. The van der Waals surface area contributed by atoms with Gasteiger partial charge in [0.1, 0.15) is 0 Å². The molecule has 7 nitrogen and oxygen atoms in total. The van der Waals surface area contributed by atoms with Crippen LogP contribution < -0.4 is 16.0 Å². The number of thiazole rings is 1. The van der Waals surface area contributed by atoms with E-state index in [0.29, 0.717) is 13.0 Å². The van der Waals surface area contributed by atoms with Gasteiger partial charge >= 0.3 is 6.03 Å². The normalized spacial score (nSPS) is 16.3. The van der Waals surface area contributed by atoms with Crippen LogP contribution in [0.25, 0.3) is 0 Å². The number of primary amides is 1. The maximum absolute atomic E-state index is 11.3. The van der Waals surface area contributed by atoms with Crippen LogP contribution >= 0.6 is 11.3 Å². The largest absolute Gasteiger partial charge is 0.351 e. The Labute approximate surface area is 115 Å². The second-order valence-corrected chi connectivity index (χ2v) is 5.18. The van der Waals surface area contributed by atoms with E-state index in [-0.39, 0.29) is 5.91 Å². The van der Waals surface area contributed by atoms with E-state index < -0.39 is 6.03 Å². The van der Waals surface area contributed by atoms with Crippen LogP contribution in [0.4, 0.5) is 9.93 Å². The summed E-state index contributed by atoms with van der Waals surface area (Å²) in [4.78, 5) is 30.5. The monoisotopic (exact) mass is 283 g/mol. The fourth-order valence-electron chi connectivity index (χ4n) is 1.99. The molecule has 1 aliphatic heterocycles. The molecule has 0 atom stereocenters. The number of amides is 3. The van der Waals surface area contributed by atoms with E-state index in [1.165, 1.54) is 0 Å². The number of rotatable bonds is 4. The van der Waals surface area contributed by atoms with Crippen LogP contribution in [0.5, 0.6) is 0 Å². The molecule has 1 aliphatic rings. The van der Waals surface area contributed by atoms with Crippen molar-refractivity contribution in [3.05, 3.63) is 11.6 Å². The van der Waals surface area contributed by atoms with Gasteiger partial charge in [-0.05, 0) is 0 Å². The third-order valence-corrected chi connectivity index (χ3v) is 3.81. The average molecular weight is 283 g/mol. The van der Waals surface area contributed by atoms with Gasteiger partial charge in [-0.15, -0.1) is 11.3 Å². The lowest BCUT2D eigenvalue weighted by atomic mass is 10.3. The van der Waals surface area contributed by atoms with Gasteiger partial charge in [0, 0.05) is 50.7 Å². The van der Waals surface area contributed by atoms with Gasteiger partial charge in [-0.1, -0.05) is 0 Å². The predicted octanol–water partition coefficient (Wildman–Crippen LogP) is -0.150. The number of aromatic nitrogens is 1. The van der Waals surface area contributed by atoms with E-state index in [4.69, 9.17) is 5.73 Å².